The molecule has 0 aromatic heterocycles. The van der Waals surface area contributed by atoms with E-state index >= 15 is 0 Å². The molecule has 2 rings (SSSR count). The highest BCUT2D eigenvalue weighted by Crippen LogP contribution is 2.36. The van der Waals surface area contributed by atoms with E-state index in [-0.39, 0.29) is 5.91 Å². The van der Waals surface area contributed by atoms with E-state index in [4.69, 9.17) is 16.3 Å². The number of hydrogen-bond donors (Lipinski definition) is 1. The average molecular weight is 312 g/mol. The second-order valence-corrected chi connectivity index (χ2v) is 5.84. The molecule has 1 unspecified atom stereocenters. The smallest absolute Gasteiger partial charge is 0.251 e. The first-order chi connectivity index (χ1) is 9.98. The van der Waals surface area contributed by atoms with Gasteiger partial charge in [0.1, 0.15) is 6.10 Å². The summed E-state index contributed by atoms with van der Waals surface area (Å²) in [6, 6.07) is 7.34. The zero-order valence-electron chi connectivity index (χ0n) is 12.5. The van der Waals surface area contributed by atoms with Gasteiger partial charge in [0, 0.05) is 30.3 Å². The molecule has 1 N–H and O–H groups in total. The average Bonchev–Trinajstić information content (AvgIpc) is 2.48. The molecule has 1 heterocycles. The van der Waals surface area contributed by atoms with Crippen molar-refractivity contribution in [2.75, 3.05) is 19.7 Å². The first-order valence-electron chi connectivity index (χ1n) is 7.35. The van der Waals surface area contributed by atoms with Gasteiger partial charge in [0.25, 0.3) is 5.91 Å². The second-order valence-electron chi connectivity index (χ2n) is 5.43. The summed E-state index contributed by atoms with van der Waals surface area (Å²) < 4.78 is 5.34. The highest BCUT2D eigenvalue weighted by molar-refractivity contribution is 6.31. The molecule has 116 valence electrons. The number of likely N-dealkylation sites (tertiary alicyclic amines) is 1. The number of carbonyl (C=O) groups is 1. The number of halogens is 1. The second kappa shape index (κ2) is 6.77. The lowest BCUT2D eigenvalue weighted by atomic mass is 9.84. The summed E-state index contributed by atoms with van der Waals surface area (Å²) in [6.45, 7) is 5.18. The number of piperidine rings is 1. The van der Waals surface area contributed by atoms with Crippen molar-refractivity contribution in [3.63, 3.8) is 0 Å². The fourth-order valence-corrected chi connectivity index (χ4v) is 3.09. The van der Waals surface area contributed by atoms with Gasteiger partial charge in [0.05, 0.1) is 5.60 Å². The molecule has 0 aliphatic carbocycles. The Morgan fingerprint density at radius 1 is 1.43 bits per heavy atom. The molecule has 0 saturated carbocycles. The Kier molecular flexibility index (Phi) is 5.25. The molecule has 0 bridgehead atoms. The van der Waals surface area contributed by atoms with Crippen LogP contribution in [0.1, 0.15) is 32.3 Å². The van der Waals surface area contributed by atoms with Crippen LogP contribution in [0.3, 0.4) is 0 Å². The van der Waals surface area contributed by atoms with Gasteiger partial charge in [-0.25, -0.2) is 0 Å². The Balaban J connectivity index is 2.03. The number of benzene rings is 1. The fraction of sp³-hybridized carbons (Fsp3) is 0.562. The van der Waals surface area contributed by atoms with E-state index in [1.807, 2.05) is 25.1 Å². The normalized spacial score (nSPS) is 19.3. The molecule has 1 saturated heterocycles. The highest BCUT2D eigenvalue weighted by atomic mass is 35.5. The third kappa shape index (κ3) is 3.57. The fourth-order valence-electron chi connectivity index (χ4n) is 2.78. The third-order valence-corrected chi connectivity index (χ3v) is 4.37. The van der Waals surface area contributed by atoms with Gasteiger partial charge in [-0.05, 0) is 32.8 Å². The zero-order valence-corrected chi connectivity index (χ0v) is 13.3. The number of hydrogen-bond acceptors (Lipinski definition) is 3. The van der Waals surface area contributed by atoms with Crippen molar-refractivity contribution in [2.24, 2.45) is 0 Å². The van der Waals surface area contributed by atoms with Gasteiger partial charge in [0.15, 0.2) is 0 Å². The van der Waals surface area contributed by atoms with Gasteiger partial charge >= 0.3 is 0 Å². The molecule has 1 aliphatic rings. The number of nitrogens with zero attached hydrogens (tertiary/aromatic N) is 1. The summed E-state index contributed by atoms with van der Waals surface area (Å²) in [5.41, 5.74) is -0.208. The lowest BCUT2D eigenvalue weighted by molar-refractivity contribution is -0.146. The molecule has 0 spiro atoms. The van der Waals surface area contributed by atoms with Gasteiger partial charge in [0.2, 0.25) is 0 Å². The van der Waals surface area contributed by atoms with E-state index < -0.39 is 11.7 Å². The van der Waals surface area contributed by atoms with E-state index in [9.17, 15) is 9.90 Å². The van der Waals surface area contributed by atoms with Gasteiger partial charge < -0.3 is 14.7 Å². The minimum Gasteiger partial charge on any atom is -0.385 e. The van der Waals surface area contributed by atoms with Crippen molar-refractivity contribution < 1.29 is 14.6 Å². The van der Waals surface area contributed by atoms with Crippen molar-refractivity contribution in [1.29, 1.82) is 0 Å². The van der Waals surface area contributed by atoms with Crippen molar-refractivity contribution in [2.45, 2.75) is 38.4 Å². The maximum atomic E-state index is 12.2. The van der Waals surface area contributed by atoms with Crippen molar-refractivity contribution in [1.82, 2.24) is 4.90 Å². The summed E-state index contributed by atoms with van der Waals surface area (Å²) in [7, 11) is 0. The molecule has 0 radical (unpaired) electrons. The van der Waals surface area contributed by atoms with E-state index in [0.717, 1.165) is 5.56 Å². The van der Waals surface area contributed by atoms with E-state index in [1.165, 1.54) is 0 Å². The Labute approximate surface area is 130 Å². The topological polar surface area (TPSA) is 49.8 Å². The van der Waals surface area contributed by atoms with Gasteiger partial charge in [-0.15, -0.1) is 0 Å². The third-order valence-electron chi connectivity index (χ3n) is 4.04. The molecule has 5 heteroatoms. The summed E-state index contributed by atoms with van der Waals surface area (Å²) in [5, 5.41) is 11.4. The van der Waals surface area contributed by atoms with E-state index in [2.05, 4.69) is 0 Å². The van der Waals surface area contributed by atoms with Crippen LogP contribution in [0.5, 0.6) is 0 Å². The predicted molar refractivity (Wildman–Crippen MR) is 82.3 cm³/mol. The van der Waals surface area contributed by atoms with Crippen LogP contribution in [0.4, 0.5) is 0 Å². The molecule has 1 amide bonds. The number of amides is 1. The molecule has 1 atom stereocenters. The molecule has 1 aromatic carbocycles. The van der Waals surface area contributed by atoms with Crippen LogP contribution in [-0.4, -0.2) is 41.7 Å². The Morgan fingerprint density at radius 3 is 2.62 bits per heavy atom. The zero-order chi connectivity index (χ0) is 15.5. The summed E-state index contributed by atoms with van der Waals surface area (Å²) in [4.78, 5) is 14.0. The molecular weight excluding hydrogens is 290 g/mol. The number of carbonyl (C=O) groups excluding carboxylic acids is 1. The Hall–Kier alpha value is -1.10. The number of ether oxygens (including phenoxy) is 1. The van der Waals surface area contributed by atoms with Crippen LogP contribution in [0.15, 0.2) is 24.3 Å². The summed E-state index contributed by atoms with van der Waals surface area (Å²) in [5.74, 6) is -0.0157. The monoisotopic (exact) mass is 311 g/mol. The van der Waals surface area contributed by atoms with Crippen LogP contribution < -0.4 is 0 Å². The van der Waals surface area contributed by atoms with Gasteiger partial charge in [-0.2, -0.15) is 0 Å². The van der Waals surface area contributed by atoms with Crippen molar-refractivity contribution in [3.8, 4) is 0 Å². The maximum absolute atomic E-state index is 12.2. The molecule has 1 fully saturated rings. The Bertz CT molecular complexity index is 498. The molecule has 1 aromatic rings. The van der Waals surface area contributed by atoms with Crippen LogP contribution in [0, 0.1) is 0 Å². The number of rotatable bonds is 4. The van der Waals surface area contributed by atoms with E-state index in [1.54, 1.807) is 17.9 Å². The molecule has 4 nitrogen and oxygen atoms in total. The van der Waals surface area contributed by atoms with Crippen LogP contribution in [-0.2, 0) is 15.1 Å². The number of aliphatic hydroxyl groups is 1. The molecular formula is C16H22ClNO3. The largest absolute Gasteiger partial charge is 0.385 e. The minimum atomic E-state index is -0.954. The summed E-state index contributed by atoms with van der Waals surface area (Å²) >= 11 is 6.18. The van der Waals surface area contributed by atoms with Crippen LogP contribution in [0.2, 0.25) is 5.02 Å². The van der Waals surface area contributed by atoms with E-state index in [0.29, 0.717) is 37.6 Å². The van der Waals surface area contributed by atoms with Crippen LogP contribution in [0.25, 0.3) is 0 Å². The first kappa shape index (κ1) is 16.3. The van der Waals surface area contributed by atoms with Gasteiger partial charge in [-0.3, -0.25) is 4.79 Å². The summed E-state index contributed by atoms with van der Waals surface area (Å²) in [6.07, 6.45) is 0.546. The molecule has 21 heavy (non-hydrogen) atoms. The molecule has 1 aliphatic heterocycles. The SMILES string of the molecule is CCOC(C)C(=O)N1CCC(O)(c2ccccc2Cl)CC1. The lowest BCUT2D eigenvalue weighted by Crippen LogP contribution is -2.48. The van der Waals surface area contributed by atoms with Crippen molar-refractivity contribution in [3.05, 3.63) is 34.9 Å². The van der Waals surface area contributed by atoms with Crippen LogP contribution >= 0.6 is 11.6 Å². The standard InChI is InChI=1S/C16H22ClNO3/c1-3-21-12(2)15(19)18-10-8-16(20,9-11-18)13-6-4-5-7-14(13)17/h4-7,12,20H,3,8-11H2,1-2H3. The minimum absolute atomic E-state index is 0.0157. The van der Waals surface area contributed by atoms with Crippen molar-refractivity contribution >= 4 is 17.5 Å². The maximum Gasteiger partial charge on any atom is 0.251 e. The predicted octanol–water partition coefficient (Wildman–Crippen LogP) is 2.58. The Morgan fingerprint density at radius 2 is 2.05 bits per heavy atom. The highest BCUT2D eigenvalue weighted by Gasteiger charge is 2.37. The lowest BCUT2D eigenvalue weighted by Gasteiger charge is -2.39. The van der Waals surface area contributed by atoms with Gasteiger partial charge in [-0.1, -0.05) is 29.8 Å². The first-order valence-corrected chi connectivity index (χ1v) is 7.73. The quantitative estimate of drug-likeness (QED) is 0.930.